The number of rotatable bonds is 3. The molecule has 21 heavy (non-hydrogen) atoms. The van der Waals surface area contributed by atoms with E-state index in [-0.39, 0.29) is 5.69 Å². The smallest absolute Gasteiger partial charge is 0.358 e. The average molecular weight is 291 g/mol. The molecular formula is C14H17N3O4. The first-order valence-corrected chi connectivity index (χ1v) is 6.82. The summed E-state index contributed by atoms with van der Waals surface area (Å²) in [7, 11) is 2.85. The minimum atomic E-state index is -0.498. The topological polar surface area (TPSA) is 75.0 Å². The molecule has 0 bridgehead atoms. The summed E-state index contributed by atoms with van der Waals surface area (Å²) in [5.74, 6) is 1.07. The number of hydrogen-bond donors (Lipinski definition) is 0. The number of carbonyl (C=O) groups is 1. The highest BCUT2D eigenvalue weighted by molar-refractivity contribution is 5.87. The van der Waals surface area contributed by atoms with Crippen LogP contribution in [0.1, 0.15) is 35.1 Å². The molecule has 0 amide bonds. The van der Waals surface area contributed by atoms with E-state index in [2.05, 4.69) is 9.97 Å². The fourth-order valence-corrected chi connectivity index (χ4v) is 2.60. The Hall–Kier alpha value is -2.15. The average Bonchev–Trinajstić information content (AvgIpc) is 2.97. The Balaban J connectivity index is 2.11. The van der Waals surface area contributed by atoms with Crippen molar-refractivity contribution in [3.8, 4) is 5.88 Å². The number of carbonyl (C=O) groups excluding carboxylic acids is 1. The van der Waals surface area contributed by atoms with Crippen molar-refractivity contribution in [1.82, 2.24) is 14.4 Å². The second kappa shape index (κ2) is 5.69. The minimum absolute atomic E-state index is 0.202. The number of methoxy groups -OCH3 is 2. The molecule has 0 aromatic carbocycles. The van der Waals surface area contributed by atoms with Gasteiger partial charge in [0.05, 0.1) is 20.4 Å². The molecule has 1 saturated heterocycles. The molecule has 2 aromatic rings. The lowest BCUT2D eigenvalue weighted by Gasteiger charge is -2.21. The molecule has 1 aliphatic heterocycles. The van der Waals surface area contributed by atoms with E-state index in [1.54, 1.807) is 12.4 Å². The quantitative estimate of drug-likeness (QED) is 0.796. The molecule has 0 radical (unpaired) electrons. The predicted octanol–water partition coefficient (Wildman–Crippen LogP) is 1.42. The Morgan fingerprint density at radius 1 is 1.38 bits per heavy atom. The van der Waals surface area contributed by atoms with Gasteiger partial charge >= 0.3 is 5.97 Å². The van der Waals surface area contributed by atoms with Crippen LogP contribution in [0.4, 0.5) is 0 Å². The first-order chi connectivity index (χ1) is 10.2. The van der Waals surface area contributed by atoms with Gasteiger partial charge in [-0.1, -0.05) is 0 Å². The van der Waals surface area contributed by atoms with Gasteiger partial charge in [0, 0.05) is 25.3 Å². The highest BCUT2D eigenvalue weighted by atomic mass is 16.5. The van der Waals surface area contributed by atoms with Gasteiger partial charge in [0.25, 0.3) is 0 Å². The molecule has 112 valence electrons. The molecule has 7 nitrogen and oxygen atoms in total. The molecule has 2 aromatic heterocycles. The lowest BCUT2D eigenvalue weighted by Crippen LogP contribution is -2.17. The van der Waals surface area contributed by atoms with E-state index in [1.807, 2.05) is 4.40 Å². The van der Waals surface area contributed by atoms with E-state index >= 15 is 0 Å². The molecule has 0 N–H and O–H groups in total. The summed E-state index contributed by atoms with van der Waals surface area (Å²) in [5.41, 5.74) is 0.944. The van der Waals surface area contributed by atoms with Gasteiger partial charge in [-0.05, 0) is 12.8 Å². The first kappa shape index (κ1) is 13.8. The van der Waals surface area contributed by atoms with Crippen LogP contribution < -0.4 is 4.74 Å². The predicted molar refractivity (Wildman–Crippen MR) is 73.7 cm³/mol. The van der Waals surface area contributed by atoms with Crippen LogP contribution in [0, 0.1) is 0 Å². The van der Waals surface area contributed by atoms with Crippen molar-refractivity contribution in [2.24, 2.45) is 0 Å². The molecule has 0 aliphatic carbocycles. The van der Waals surface area contributed by atoms with E-state index in [0.29, 0.717) is 11.8 Å². The Morgan fingerprint density at radius 3 is 2.81 bits per heavy atom. The Labute approximate surface area is 121 Å². The van der Waals surface area contributed by atoms with Crippen LogP contribution in [0.25, 0.3) is 5.52 Å². The SMILES string of the molecule is COC(=O)c1cn2c(C3CCOCC3)ncc2c(OC)n1. The highest BCUT2D eigenvalue weighted by Crippen LogP contribution is 2.29. The van der Waals surface area contributed by atoms with Crippen molar-refractivity contribution in [2.45, 2.75) is 18.8 Å². The van der Waals surface area contributed by atoms with Crippen molar-refractivity contribution >= 4 is 11.5 Å². The summed E-state index contributed by atoms with van der Waals surface area (Å²) >= 11 is 0. The van der Waals surface area contributed by atoms with E-state index in [0.717, 1.165) is 37.4 Å². The van der Waals surface area contributed by atoms with Crippen molar-refractivity contribution in [1.29, 1.82) is 0 Å². The minimum Gasteiger partial charge on any atom is -0.479 e. The molecular weight excluding hydrogens is 274 g/mol. The Bertz CT molecular complexity index is 662. The molecule has 0 saturated carbocycles. The maximum Gasteiger partial charge on any atom is 0.358 e. The van der Waals surface area contributed by atoms with E-state index in [4.69, 9.17) is 14.2 Å². The molecule has 7 heteroatoms. The number of fused-ring (bicyclic) bond motifs is 1. The van der Waals surface area contributed by atoms with E-state index < -0.39 is 5.97 Å². The van der Waals surface area contributed by atoms with Crippen LogP contribution >= 0.6 is 0 Å². The Morgan fingerprint density at radius 2 is 2.14 bits per heavy atom. The summed E-state index contributed by atoms with van der Waals surface area (Å²) < 4.78 is 17.2. The summed E-state index contributed by atoms with van der Waals surface area (Å²) in [6, 6.07) is 0. The summed E-state index contributed by atoms with van der Waals surface area (Å²) in [5, 5.41) is 0. The van der Waals surface area contributed by atoms with Crippen molar-refractivity contribution < 1.29 is 19.0 Å². The molecule has 3 heterocycles. The molecule has 0 unspecified atom stereocenters. The fraction of sp³-hybridized carbons (Fsp3) is 0.500. The summed E-state index contributed by atoms with van der Waals surface area (Å²) in [6.07, 6.45) is 5.20. The third-order valence-electron chi connectivity index (χ3n) is 3.69. The number of hydrogen-bond acceptors (Lipinski definition) is 6. The normalized spacial score (nSPS) is 16.1. The number of ether oxygens (including phenoxy) is 3. The standard InChI is InChI=1S/C14H17N3O4/c1-19-13-11-7-15-12(9-3-5-21-6-4-9)17(11)8-10(16-13)14(18)20-2/h7-9H,3-6H2,1-2H3. The van der Waals surface area contributed by atoms with Gasteiger partial charge in [0.2, 0.25) is 5.88 Å². The number of esters is 1. The van der Waals surface area contributed by atoms with Crippen molar-refractivity contribution in [3.63, 3.8) is 0 Å². The van der Waals surface area contributed by atoms with Gasteiger partial charge in [-0.2, -0.15) is 0 Å². The van der Waals surface area contributed by atoms with Gasteiger partial charge in [0.15, 0.2) is 5.69 Å². The zero-order valence-electron chi connectivity index (χ0n) is 12.0. The lowest BCUT2D eigenvalue weighted by molar-refractivity contribution is 0.0592. The van der Waals surface area contributed by atoms with Crippen molar-refractivity contribution in [3.05, 3.63) is 23.9 Å². The number of nitrogens with zero attached hydrogens (tertiary/aromatic N) is 3. The van der Waals surface area contributed by atoms with Crippen molar-refractivity contribution in [2.75, 3.05) is 27.4 Å². The van der Waals surface area contributed by atoms with Crippen LogP contribution in [-0.4, -0.2) is 47.8 Å². The number of imidazole rings is 1. The lowest BCUT2D eigenvalue weighted by atomic mass is 10.00. The third-order valence-corrected chi connectivity index (χ3v) is 3.69. The van der Waals surface area contributed by atoms with Crippen LogP contribution in [0.15, 0.2) is 12.4 Å². The molecule has 3 rings (SSSR count). The van der Waals surface area contributed by atoms with Gasteiger partial charge < -0.3 is 14.2 Å². The maximum atomic E-state index is 11.7. The largest absolute Gasteiger partial charge is 0.479 e. The van der Waals surface area contributed by atoms with E-state index in [9.17, 15) is 4.79 Å². The van der Waals surface area contributed by atoms with Crippen LogP contribution in [0.5, 0.6) is 5.88 Å². The van der Waals surface area contributed by atoms with Gasteiger partial charge in [-0.3, -0.25) is 4.40 Å². The summed E-state index contributed by atoms with van der Waals surface area (Å²) in [4.78, 5) is 20.4. The van der Waals surface area contributed by atoms with Gasteiger partial charge in [0.1, 0.15) is 11.3 Å². The zero-order valence-corrected chi connectivity index (χ0v) is 12.0. The monoisotopic (exact) mass is 291 g/mol. The van der Waals surface area contributed by atoms with Crippen LogP contribution in [-0.2, 0) is 9.47 Å². The van der Waals surface area contributed by atoms with Gasteiger partial charge in [-0.15, -0.1) is 0 Å². The molecule has 1 aliphatic rings. The first-order valence-electron chi connectivity index (χ1n) is 6.82. The molecule has 1 fully saturated rings. The maximum absolute atomic E-state index is 11.7. The summed E-state index contributed by atoms with van der Waals surface area (Å²) in [6.45, 7) is 1.46. The van der Waals surface area contributed by atoms with Crippen LogP contribution in [0.2, 0.25) is 0 Å². The van der Waals surface area contributed by atoms with Gasteiger partial charge in [-0.25, -0.2) is 14.8 Å². The van der Waals surface area contributed by atoms with E-state index in [1.165, 1.54) is 14.2 Å². The zero-order chi connectivity index (χ0) is 14.8. The third kappa shape index (κ3) is 2.44. The fourth-order valence-electron chi connectivity index (χ4n) is 2.60. The van der Waals surface area contributed by atoms with Crippen LogP contribution in [0.3, 0.4) is 0 Å². The second-order valence-electron chi connectivity index (χ2n) is 4.89. The highest BCUT2D eigenvalue weighted by Gasteiger charge is 2.23. The second-order valence-corrected chi connectivity index (χ2v) is 4.89. The molecule has 0 atom stereocenters. The number of aromatic nitrogens is 3. The Kier molecular flexibility index (Phi) is 3.74. The molecule has 0 spiro atoms.